The number of aryl methyl sites for hydroxylation is 1. The standard InChI is InChI=1S/C22H18FN5OS/c23-15-7-9-16(10-8-15)28-21(25)17(13-24)18(27-28)5-3-11-26-22(29)20-12-14-4-1-2-6-19(14)30-20/h1-2,4,6-10,12H,3,5,11,25H2,(H,26,29). The minimum absolute atomic E-state index is 0.118. The zero-order valence-corrected chi connectivity index (χ0v) is 16.7. The van der Waals surface area contributed by atoms with Gasteiger partial charge < -0.3 is 11.1 Å². The lowest BCUT2D eigenvalue weighted by atomic mass is 10.1. The summed E-state index contributed by atoms with van der Waals surface area (Å²) in [5, 5.41) is 17.8. The van der Waals surface area contributed by atoms with Crippen molar-refractivity contribution in [3.63, 3.8) is 0 Å². The fourth-order valence-corrected chi connectivity index (χ4v) is 4.17. The van der Waals surface area contributed by atoms with Crippen LogP contribution < -0.4 is 11.1 Å². The molecule has 30 heavy (non-hydrogen) atoms. The van der Waals surface area contributed by atoms with Crippen LogP contribution in [0, 0.1) is 17.1 Å². The molecule has 8 heteroatoms. The molecule has 3 N–H and O–H groups in total. The Kier molecular flexibility index (Phi) is 5.46. The average molecular weight is 419 g/mol. The van der Waals surface area contributed by atoms with E-state index < -0.39 is 0 Å². The number of halogens is 1. The summed E-state index contributed by atoms with van der Waals surface area (Å²) >= 11 is 1.46. The lowest BCUT2D eigenvalue weighted by molar-refractivity contribution is 0.0957. The van der Waals surface area contributed by atoms with Crippen molar-refractivity contribution in [1.29, 1.82) is 5.26 Å². The first-order valence-corrected chi connectivity index (χ1v) is 10.2. The molecule has 2 aromatic carbocycles. The largest absolute Gasteiger partial charge is 0.382 e. The fourth-order valence-electron chi connectivity index (χ4n) is 3.19. The van der Waals surface area contributed by atoms with Crippen LogP contribution >= 0.6 is 11.3 Å². The number of hydrogen-bond donors (Lipinski definition) is 2. The predicted octanol–water partition coefficient (Wildman–Crippen LogP) is 4.04. The number of carbonyl (C=O) groups is 1. The number of benzene rings is 2. The van der Waals surface area contributed by atoms with Gasteiger partial charge in [-0.15, -0.1) is 11.3 Å². The first kappa shape index (κ1) is 19.6. The van der Waals surface area contributed by atoms with Crippen molar-refractivity contribution in [2.75, 3.05) is 12.3 Å². The number of amides is 1. The summed E-state index contributed by atoms with van der Waals surface area (Å²) in [4.78, 5) is 13.1. The lowest BCUT2D eigenvalue weighted by Crippen LogP contribution is -2.23. The smallest absolute Gasteiger partial charge is 0.261 e. The average Bonchev–Trinajstić information content (AvgIpc) is 3.32. The van der Waals surface area contributed by atoms with Gasteiger partial charge in [-0.25, -0.2) is 9.07 Å². The Hall–Kier alpha value is -3.70. The Bertz CT molecular complexity index is 1220. The van der Waals surface area contributed by atoms with E-state index in [1.807, 2.05) is 30.3 Å². The summed E-state index contributed by atoms with van der Waals surface area (Å²) in [5.41, 5.74) is 7.50. The van der Waals surface area contributed by atoms with Gasteiger partial charge in [-0.2, -0.15) is 10.4 Å². The van der Waals surface area contributed by atoms with Crippen LogP contribution in [0.1, 0.15) is 27.3 Å². The van der Waals surface area contributed by atoms with Gasteiger partial charge in [0.2, 0.25) is 0 Å². The van der Waals surface area contributed by atoms with Crippen LogP contribution in [0.15, 0.2) is 54.6 Å². The number of nitrogens with zero attached hydrogens (tertiary/aromatic N) is 3. The van der Waals surface area contributed by atoms with E-state index in [4.69, 9.17) is 5.73 Å². The molecule has 4 aromatic rings. The molecule has 6 nitrogen and oxygen atoms in total. The molecule has 0 atom stereocenters. The molecule has 0 aliphatic carbocycles. The summed E-state index contributed by atoms with van der Waals surface area (Å²) in [6, 6.07) is 17.6. The van der Waals surface area contributed by atoms with Crippen molar-refractivity contribution in [3.8, 4) is 11.8 Å². The molecule has 0 bridgehead atoms. The first-order chi connectivity index (χ1) is 14.6. The number of nitrogens with one attached hydrogen (secondary N) is 1. The van der Waals surface area contributed by atoms with Gasteiger partial charge in [-0.05, 0) is 54.6 Å². The van der Waals surface area contributed by atoms with Crippen molar-refractivity contribution in [2.45, 2.75) is 12.8 Å². The Balaban J connectivity index is 1.40. The second-order valence-corrected chi connectivity index (χ2v) is 7.80. The molecule has 4 rings (SSSR count). The number of carbonyl (C=O) groups excluding carboxylic acids is 1. The number of anilines is 1. The number of hydrogen-bond acceptors (Lipinski definition) is 5. The second-order valence-electron chi connectivity index (χ2n) is 6.71. The van der Waals surface area contributed by atoms with E-state index in [0.29, 0.717) is 41.2 Å². The number of aromatic nitrogens is 2. The van der Waals surface area contributed by atoms with Gasteiger partial charge in [0.15, 0.2) is 0 Å². The van der Waals surface area contributed by atoms with Gasteiger partial charge >= 0.3 is 0 Å². The van der Waals surface area contributed by atoms with Gasteiger partial charge in [-0.1, -0.05) is 18.2 Å². The highest BCUT2D eigenvalue weighted by atomic mass is 32.1. The number of nitrogens with two attached hydrogens (primary N) is 1. The van der Waals surface area contributed by atoms with Gasteiger partial charge in [0.1, 0.15) is 23.3 Å². The molecule has 0 aliphatic heterocycles. The maximum Gasteiger partial charge on any atom is 0.261 e. The molecule has 2 heterocycles. The molecule has 0 saturated carbocycles. The predicted molar refractivity (Wildman–Crippen MR) is 115 cm³/mol. The van der Waals surface area contributed by atoms with E-state index >= 15 is 0 Å². The zero-order valence-electron chi connectivity index (χ0n) is 15.9. The van der Waals surface area contributed by atoms with E-state index in [1.165, 1.54) is 28.2 Å². The number of nitriles is 1. The minimum atomic E-state index is -0.361. The molecular formula is C22H18FN5OS. The third kappa shape index (κ3) is 3.88. The maximum atomic E-state index is 13.2. The zero-order chi connectivity index (χ0) is 21.1. The van der Waals surface area contributed by atoms with Gasteiger partial charge in [0.05, 0.1) is 16.3 Å². The van der Waals surface area contributed by atoms with Gasteiger partial charge in [0.25, 0.3) is 5.91 Å². The van der Waals surface area contributed by atoms with Crippen molar-refractivity contribution in [3.05, 3.63) is 76.5 Å². The Morgan fingerprint density at radius 3 is 2.73 bits per heavy atom. The molecule has 0 spiro atoms. The highest BCUT2D eigenvalue weighted by molar-refractivity contribution is 7.20. The van der Waals surface area contributed by atoms with E-state index in [9.17, 15) is 14.4 Å². The summed E-state index contributed by atoms with van der Waals surface area (Å²) in [6.07, 6.45) is 1.08. The molecule has 0 radical (unpaired) electrons. The van der Waals surface area contributed by atoms with E-state index in [0.717, 1.165) is 10.1 Å². The molecular weight excluding hydrogens is 401 g/mol. The summed E-state index contributed by atoms with van der Waals surface area (Å²) in [6.45, 7) is 0.446. The van der Waals surface area contributed by atoms with Crippen LogP contribution in [-0.2, 0) is 6.42 Å². The highest BCUT2D eigenvalue weighted by Crippen LogP contribution is 2.25. The summed E-state index contributed by atoms with van der Waals surface area (Å²) in [5.74, 6) is -0.263. The molecule has 0 aliphatic rings. The van der Waals surface area contributed by atoms with Crippen LogP contribution in [0.25, 0.3) is 15.8 Å². The van der Waals surface area contributed by atoms with Crippen molar-refractivity contribution < 1.29 is 9.18 Å². The summed E-state index contributed by atoms with van der Waals surface area (Å²) < 4.78 is 15.7. The van der Waals surface area contributed by atoms with E-state index in [-0.39, 0.29) is 17.5 Å². The second kappa shape index (κ2) is 8.35. The molecule has 1 amide bonds. The van der Waals surface area contributed by atoms with Gasteiger partial charge in [0, 0.05) is 11.2 Å². The van der Waals surface area contributed by atoms with Crippen LogP contribution in [0.3, 0.4) is 0 Å². The minimum Gasteiger partial charge on any atom is -0.382 e. The Morgan fingerprint density at radius 1 is 1.23 bits per heavy atom. The quantitative estimate of drug-likeness (QED) is 0.461. The fraction of sp³-hybridized carbons (Fsp3) is 0.136. The van der Waals surface area contributed by atoms with Crippen molar-refractivity contribution in [1.82, 2.24) is 15.1 Å². The van der Waals surface area contributed by atoms with Crippen LogP contribution in [-0.4, -0.2) is 22.2 Å². The third-order valence-corrected chi connectivity index (χ3v) is 5.82. The van der Waals surface area contributed by atoms with Crippen LogP contribution in [0.4, 0.5) is 10.2 Å². The van der Waals surface area contributed by atoms with Crippen molar-refractivity contribution >= 4 is 33.1 Å². The molecule has 0 fully saturated rings. The molecule has 0 unspecified atom stereocenters. The normalized spacial score (nSPS) is 10.8. The summed E-state index contributed by atoms with van der Waals surface area (Å²) in [7, 11) is 0. The maximum absolute atomic E-state index is 13.2. The SMILES string of the molecule is N#Cc1c(CCCNC(=O)c2cc3ccccc3s2)nn(-c2ccc(F)cc2)c1N. The Labute approximate surface area is 176 Å². The highest BCUT2D eigenvalue weighted by Gasteiger charge is 2.17. The first-order valence-electron chi connectivity index (χ1n) is 9.37. The number of rotatable bonds is 6. The van der Waals surface area contributed by atoms with E-state index in [1.54, 1.807) is 12.1 Å². The van der Waals surface area contributed by atoms with Gasteiger partial charge in [-0.3, -0.25) is 4.79 Å². The lowest BCUT2D eigenvalue weighted by Gasteiger charge is -2.03. The van der Waals surface area contributed by atoms with E-state index in [2.05, 4.69) is 16.5 Å². The van der Waals surface area contributed by atoms with Crippen LogP contribution in [0.2, 0.25) is 0 Å². The number of fused-ring (bicyclic) bond motifs is 1. The van der Waals surface area contributed by atoms with Crippen LogP contribution in [0.5, 0.6) is 0 Å². The topological polar surface area (TPSA) is 96.7 Å². The number of thiophene rings is 1. The number of nitrogen functional groups attached to an aromatic ring is 1. The Morgan fingerprint density at radius 2 is 2.00 bits per heavy atom. The molecule has 0 saturated heterocycles. The van der Waals surface area contributed by atoms with Crippen molar-refractivity contribution in [2.24, 2.45) is 0 Å². The molecule has 2 aromatic heterocycles. The monoisotopic (exact) mass is 419 g/mol. The third-order valence-electron chi connectivity index (χ3n) is 4.70. The molecule has 150 valence electrons.